The maximum atomic E-state index is 8.68. The average molecular weight is 355 g/mol. The van der Waals surface area contributed by atoms with E-state index in [4.69, 9.17) is 15.3 Å². The van der Waals surface area contributed by atoms with Crippen LogP contribution in [0.5, 0.6) is 0 Å². The maximum Gasteiger partial charge on any atom is 0.0639 e. The van der Waals surface area contributed by atoms with Crippen LogP contribution in [0.25, 0.3) is 0 Å². The van der Waals surface area contributed by atoms with Gasteiger partial charge < -0.3 is 15.3 Å². The summed E-state index contributed by atoms with van der Waals surface area (Å²) in [6.07, 6.45) is 12.0. The highest BCUT2D eigenvalue weighted by Crippen LogP contribution is 2.06. The lowest BCUT2D eigenvalue weighted by Gasteiger charge is -1.97. The third-order valence-electron chi connectivity index (χ3n) is 3.25. The van der Waals surface area contributed by atoms with Gasteiger partial charge in [0, 0.05) is 0 Å². The zero-order valence-corrected chi connectivity index (χ0v) is 17.6. The van der Waals surface area contributed by atoms with Crippen LogP contribution in [0.3, 0.4) is 0 Å². The van der Waals surface area contributed by atoms with Crippen molar-refractivity contribution in [3.05, 3.63) is 46.6 Å². The fraction of sp³-hybridized carbons (Fsp3) is 0.636. The third-order valence-corrected chi connectivity index (χ3v) is 3.25. The molecular formula is C22H42O3. The van der Waals surface area contributed by atoms with Crippen molar-refractivity contribution < 1.29 is 15.3 Å². The van der Waals surface area contributed by atoms with Gasteiger partial charge in [-0.1, -0.05) is 60.4 Å². The summed E-state index contributed by atoms with van der Waals surface area (Å²) in [6.45, 7) is 14.6. The van der Waals surface area contributed by atoms with Gasteiger partial charge >= 0.3 is 0 Å². The van der Waals surface area contributed by atoms with Gasteiger partial charge in [-0.05, 0) is 60.3 Å². The van der Waals surface area contributed by atoms with Crippen LogP contribution in [-0.2, 0) is 0 Å². The number of aliphatic hydroxyl groups excluding tert-OH is 3. The first-order valence-electron chi connectivity index (χ1n) is 9.30. The molecule has 0 radical (unpaired) electrons. The van der Waals surface area contributed by atoms with Gasteiger partial charge in [0.2, 0.25) is 0 Å². The molecule has 0 rings (SSSR count). The predicted molar refractivity (Wildman–Crippen MR) is 112 cm³/mol. The van der Waals surface area contributed by atoms with Crippen molar-refractivity contribution in [2.24, 2.45) is 0 Å². The summed E-state index contributed by atoms with van der Waals surface area (Å²) in [4.78, 5) is 0. The summed E-state index contributed by atoms with van der Waals surface area (Å²) in [7, 11) is 0. The van der Waals surface area contributed by atoms with Gasteiger partial charge in [0.1, 0.15) is 0 Å². The Morgan fingerprint density at radius 1 is 0.600 bits per heavy atom. The van der Waals surface area contributed by atoms with E-state index in [1.165, 1.54) is 16.7 Å². The standard InChI is InChI=1S/C10H18O2.C10H18O.C2H6/c1-9(6-7-11)4-3-5-10(2)8-12;1-9(2)5-4-6-10(3)7-8-11;1-2/h5-6,11-12H,3-4,7-8H2,1-2H3;5,7,11H,4,6,8H2,1-3H3;1-2H3/b9-6+,10-5+;10-7+;. The molecule has 25 heavy (non-hydrogen) atoms. The summed E-state index contributed by atoms with van der Waals surface area (Å²) in [5, 5.41) is 25.8. The zero-order valence-electron chi connectivity index (χ0n) is 17.6. The smallest absolute Gasteiger partial charge is 0.0639 e. The monoisotopic (exact) mass is 354 g/mol. The van der Waals surface area contributed by atoms with Gasteiger partial charge in [0.15, 0.2) is 0 Å². The summed E-state index contributed by atoms with van der Waals surface area (Å²) >= 11 is 0. The number of allylic oxidation sites excluding steroid dienone is 5. The molecule has 0 unspecified atom stereocenters. The van der Waals surface area contributed by atoms with E-state index in [2.05, 4.69) is 26.8 Å². The topological polar surface area (TPSA) is 60.7 Å². The normalized spacial score (nSPS) is 11.8. The first-order valence-corrected chi connectivity index (χ1v) is 9.30. The lowest BCUT2D eigenvalue weighted by molar-refractivity contribution is 0.331. The fourth-order valence-corrected chi connectivity index (χ4v) is 1.72. The molecule has 0 spiro atoms. The second-order valence-corrected chi connectivity index (χ2v) is 6.03. The number of rotatable bonds is 9. The molecule has 0 aliphatic rings. The molecule has 0 amide bonds. The minimum absolute atomic E-state index is 0.120. The van der Waals surface area contributed by atoms with Crippen LogP contribution in [0, 0.1) is 0 Å². The molecule has 3 nitrogen and oxygen atoms in total. The van der Waals surface area contributed by atoms with Crippen LogP contribution in [-0.4, -0.2) is 35.1 Å². The summed E-state index contributed by atoms with van der Waals surface area (Å²) < 4.78 is 0. The minimum Gasteiger partial charge on any atom is -0.392 e. The average Bonchev–Trinajstić information content (AvgIpc) is 2.57. The molecule has 148 valence electrons. The first-order chi connectivity index (χ1) is 11.9. The molecule has 0 saturated heterocycles. The second-order valence-electron chi connectivity index (χ2n) is 6.03. The molecule has 0 aromatic heterocycles. The Morgan fingerprint density at radius 3 is 1.32 bits per heavy atom. The lowest BCUT2D eigenvalue weighted by atomic mass is 10.1. The molecule has 0 atom stereocenters. The van der Waals surface area contributed by atoms with Crippen molar-refractivity contribution >= 4 is 0 Å². The molecule has 0 heterocycles. The number of aliphatic hydroxyl groups is 3. The van der Waals surface area contributed by atoms with Crippen molar-refractivity contribution in [1.29, 1.82) is 0 Å². The van der Waals surface area contributed by atoms with E-state index in [1.807, 2.05) is 45.9 Å². The van der Waals surface area contributed by atoms with Crippen molar-refractivity contribution in [1.82, 2.24) is 0 Å². The molecule has 0 aliphatic heterocycles. The van der Waals surface area contributed by atoms with Crippen LogP contribution < -0.4 is 0 Å². The molecule has 0 bridgehead atoms. The van der Waals surface area contributed by atoms with E-state index in [-0.39, 0.29) is 19.8 Å². The van der Waals surface area contributed by atoms with E-state index < -0.39 is 0 Å². The molecule has 0 aromatic rings. The van der Waals surface area contributed by atoms with Crippen LogP contribution in [0.4, 0.5) is 0 Å². The first kappa shape index (κ1) is 28.6. The molecule has 3 heteroatoms. The molecule has 0 saturated carbocycles. The van der Waals surface area contributed by atoms with E-state index in [1.54, 1.807) is 0 Å². The van der Waals surface area contributed by atoms with Gasteiger partial charge in [-0.3, -0.25) is 0 Å². The fourth-order valence-electron chi connectivity index (χ4n) is 1.72. The van der Waals surface area contributed by atoms with Crippen LogP contribution >= 0.6 is 0 Å². The Bertz CT molecular complexity index is 397. The van der Waals surface area contributed by atoms with Crippen molar-refractivity contribution in [3.8, 4) is 0 Å². The molecular weight excluding hydrogens is 312 g/mol. The maximum absolute atomic E-state index is 8.68. The Kier molecular flexibility index (Phi) is 26.2. The predicted octanol–water partition coefficient (Wildman–Crippen LogP) is 5.34. The largest absolute Gasteiger partial charge is 0.392 e. The van der Waals surface area contributed by atoms with Crippen molar-refractivity contribution in [2.75, 3.05) is 19.8 Å². The van der Waals surface area contributed by atoms with E-state index >= 15 is 0 Å². The minimum atomic E-state index is 0.120. The van der Waals surface area contributed by atoms with Gasteiger partial charge in [-0.2, -0.15) is 0 Å². The third kappa shape index (κ3) is 27.9. The number of hydrogen-bond acceptors (Lipinski definition) is 3. The summed E-state index contributed by atoms with van der Waals surface area (Å²) in [5.74, 6) is 0. The second kappa shape index (κ2) is 22.8. The molecule has 0 fully saturated rings. The lowest BCUT2D eigenvalue weighted by Crippen LogP contribution is -1.85. The molecule has 0 aromatic carbocycles. The Hall–Kier alpha value is -1.16. The van der Waals surface area contributed by atoms with Crippen molar-refractivity contribution in [2.45, 2.75) is 74.1 Å². The highest BCUT2D eigenvalue weighted by molar-refractivity contribution is 5.03. The Morgan fingerprint density at radius 2 is 1.00 bits per heavy atom. The zero-order chi connectivity index (χ0) is 20.1. The SMILES string of the molecule is C/C(=C\CC/C(C)=C/CO)CO.CC.CC(C)=CCC/C(C)=C/CO. The van der Waals surface area contributed by atoms with Gasteiger partial charge in [-0.15, -0.1) is 0 Å². The highest BCUT2D eigenvalue weighted by atomic mass is 16.3. The van der Waals surface area contributed by atoms with Crippen molar-refractivity contribution in [3.63, 3.8) is 0 Å². The quantitative estimate of drug-likeness (QED) is 0.490. The van der Waals surface area contributed by atoms with Crippen LogP contribution in [0.2, 0.25) is 0 Å². The van der Waals surface area contributed by atoms with Gasteiger partial charge in [-0.25, -0.2) is 0 Å². The highest BCUT2D eigenvalue weighted by Gasteiger charge is 1.89. The Labute approximate surface area is 156 Å². The molecule has 3 N–H and O–H groups in total. The number of hydrogen-bond donors (Lipinski definition) is 3. The van der Waals surface area contributed by atoms with E-state index in [9.17, 15) is 0 Å². The Balaban J connectivity index is -0.000000353. The van der Waals surface area contributed by atoms with E-state index in [0.29, 0.717) is 0 Å². The summed E-state index contributed by atoms with van der Waals surface area (Å²) in [5.41, 5.74) is 4.83. The van der Waals surface area contributed by atoms with Crippen LogP contribution in [0.15, 0.2) is 46.6 Å². The van der Waals surface area contributed by atoms with E-state index in [0.717, 1.165) is 31.3 Å². The summed E-state index contributed by atoms with van der Waals surface area (Å²) in [6, 6.07) is 0. The van der Waals surface area contributed by atoms with Crippen LogP contribution in [0.1, 0.15) is 74.1 Å². The van der Waals surface area contributed by atoms with Gasteiger partial charge in [0.25, 0.3) is 0 Å². The molecule has 0 aliphatic carbocycles. The van der Waals surface area contributed by atoms with Gasteiger partial charge in [0.05, 0.1) is 19.8 Å².